The molecule has 1 heterocycles. The lowest BCUT2D eigenvalue weighted by Crippen LogP contribution is -2.56. The van der Waals surface area contributed by atoms with Crippen molar-refractivity contribution in [3.63, 3.8) is 0 Å². The van der Waals surface area contributed by atoms with E-state index in [1.807, 2.05) is 0 Å². The van der Waals surface area contributed by atoms with Gasteiger partial charge in [-0.3, -0.25) is 4.90 Å². The number of benzene rings is 3. The summed E-state index contributed by atoms with van der Waals surface area (Å²) in [5.74, 6) is 0. The van der Waals surface area contributed by atoms with Crippen LogP contribution < -0.4 is 0 Å². The Balaban J connectivity index is 1.61. The lowest BCUT2D eigenvalue weighted by atomic mass is 9.63. The van der Waals surface area contributed by atoms with Crippen LogP contribution in [-0.4, -0.2) is 17.5 Å². The van der Waals surface area contributed by atoms with Crippen LogP contribution in [0.5, 0.6) is 0 Å². The maximum Gasteiger partial charge on any atom is 0.0604 e. The molecule has 0 saturated carbocycles. The van der Waals surface area contributed by atoms with E-state index in [-0.39, 0.29) is 5.41 Å². The molecule has 1 saturated heterocycles. The quantitative estimate of drug-likeness (QED) is 0.537. The third kappa shape index (κ3) is 2.89. The average molecular weight is 368 g/mol. The van der Waals surface area contributed by atoms with E-state index >= 15 is 0 Å². The fraction of sp³-hybridized carbons (Fsp3) is 0.333. The minimum Gasteiger partial charge on any atom is -0.288 e. The summed E-state index contributed by atoms with van der Waals surface area (Å²) >= 11 is 0. The first-order valence-electron chi connectivity index (χ1n) is 10.7. The van der Waals surface area contributed by atoms with E-state index in [0.29, 0.717) is 12.1 Å². The molecule has 2 atom stereocenters. The summed E-state index contributed by atoms with van der Waals surface area (Å²) in [6, 6.07) is 32.3. The number of hydrogen-bond donors (Lipinski definition) is 0. The highest BCUT2D eigenvalue weighted by atomic mass is 15.2. The molecule has 0 spiro atoms. The van der Waals surface area contributed by atoms with Crippen molar-refractivity contribution in [3.8, 4) is 0 Å². The SMILES string of the molecule is C[C@]12CCCN(C(c3ccccc3)c3ccccc3)[C@H]1CCc1ccccc12. The van der Waals surface area contributed by atoms with Gasteiger partial charge >= 0.3 is 0 Å². The van der Waals surface area contributed by atoms with Crippen molar-refractivity contribution >= 4 is 0 Å². The van der Waals surface area contributed by atoms with E-state index in [1.165, 1.54) is 43.4 Å². The zero-order valence-corrected chi connectivity index (χ0v) is 16.7. The third-order valence-corrected chi connectivity index (χ3v) is 7.13. The van der Waals surface area contributed by atoms with Crippen molar-refractivity contribution in [2.75, 3.05) is 6.54 Å². The van der Waals surface area contributed by atoms with E-state index in [4.69, 9.17) is 0 Å². The maximum atomic E-state index is 2.82. The predicted octanol–water partition coefficient (Wildman–Crippen LogP) is 6.14. The van der Waals surface area contributed by atoms with Gasteiger partial charge in [-0.1, -0.05) is 91.9 Å². The van der Waals surface area contributed by atoms with Gasteiger partial charge in [0.05, 0.1) is 6.04 Å². The van der Waals surface area contributed by atoms with Gasteiger partial charge in [0.2, 0.25) is 0 Å². The molecule has 0 bridgehead atoms. The minimum atomic E-state index is 0.245. The fourth-order valence-electron chi connectivity index (χ4n) is 5.86. The fourth-order valence-corrected chi connectivity index (χ4v) is 5.86. The number of piperidine rings is 1. The van der Waals surface area contributed by atoms with Crippen molar-refractivity contribution in [1.29, 1.82) is 0 Å². The highest BCUT2D eigenvalue weighted by Crippen LogP contribution is 2.48. The van der Waals surface area contributed by atoms with Crippen LogP contribution in [0.3, 0.4) is 0 Å². The van der Waals surface area contributed by atoms with Gasteiger partial charge < -0.3 is 0 Å². The smallest absolute Gasteiger partial charge is 0.0604 e. The van der Waals surface area contributed by atoms with Crippen LogP contribution in [0.25, 0.3) is 0 Å². The Labute approximate surface area is 169 Å². The Morgan fingerprint density at radius 3 is 2.11 bits per heavy atom. The van der Waals surface area contributed by atoms with Gasteiger partial charge in [-0.2, -0.15) is 0 Å². The Hall–Kier alpha value is -2.38. The Bertz CT molecular complexity index is 893. The van der Waals surface area contributed by atoms with E-state index in [2.05, 4.69) is 96.8 Å². The van der Waals surface area contributed by atoms with Gasteiger partial charge in [0.25, 0.3) is 0 Å². The molecule has 3 aromatic rings. The van der Waals surface area contributed by atoms with Gasteiger partial charge in [0, 0.05) is 11.5 Å². The van der Waals surface area contributed by atoms with Crippen LogP contribution in [0, 0.1) is 0 Å². The van der Waals surface area contributed by atoms with Crippen molar-refractivity contribution in [2.45, 2.75) is 50.1 Å². The van der Waals surface area contributed by atoms with E-state index in [1.54, 1.807) is 11.1 Å². The van der Waals surface area contributed by atoms with Gasteiger partial charge in [-0.25, -0.2) is 0 Å². The van der Waals surface area contributed by atoms with Gasteiger partial charge in [-0.15, -0.1) is 0 Å². The van der Waals surface area contributed by atoms with Crippen LogP contribution in [0.4, 0.5) is 0 Å². The number of fused-ring (bicyclic) bond motifs is 3. The molecule has 142 valence electrons. The summed E-state index contributed by atoms with van der Waals surface area (Å²) in [5.41, 5.74) is 6.23. The minimum absolute atomic E-state index is 0.245. The third-order valence-electron chi connectivity index (χ3n) is 7.13. The normalized spacial score (nSPS) is 24.6. The summed E-state index contributed by atoms with van der Waals surface area (Å²) < 4.78 is 0. The molecule has 28 heavy (non-hydrogen) atoms. The highest BCUT2D eigenvalue weighted by molar-refractivity contribution is 5.40. The number of hydrogen-bond acceptors (Lipinski definition) is 1. The number of likely N-dealkylation sites (tertiary alicyclic amines) is 1. The Morgan fingerprint density at radius 2 is 1.43 bits per heavy atom. The van der Waals surface area contributed by atoms with Crippen LogP contribution in [-0.2, 0) is 11.8 Å². The molecular formula is C27H29N. The van der Waals surface area contributed by atoms with Crippen LogP contribution >= 0.6 is 0 Å². The first kappa shape index (κ1) is 17.7. The molecule has 0 radical (unpaired) electrons. The maximum absolute atomic E-state index is 2.82. The summed E-state index contributed by atoms with van der Waals surface area (Å²) in [7, 11) is 0. The summed E-state index contributed by atoms with van der Waals surface area (Å²) in [6.45, 7) is 3.70. The average Bonchev–Trinajstić information content (AvgIpc) is 2.75. The molecule has 0 aromatic heterocycles. The van der Waals surface area contributed by atoms with Gasteiger partial charge in [-0.05, 0) is 54.5 Å². The van der Waals surface area contributed by atoms with Crippen molar-refractivity contribution < 1.29 is 0 Å². The van der Waals surface area contributed by atoms with Gasteiger partial charge in [0.15, 0.2) is 0 Å². The molecule has 0 unspecified atom stereocenters. The number of rotatable bonds is 3. The molecule has 1 fully saturated rings. The second-order valence-electron chi connectivity index (χ2n) is 8.69. The lowest BCUT2D eigenvalue weighted by Gasteiger charge is -2.54. The molecule has 1 aliphatic carbocycles. The van der Waals surface area contributed by atoms with Crippen LogP contribution in [0.1, 0.15) is 54.5 Å². The standard InChI is InChI=1S/C27H29N/c1-27-19-10-20-28(25(27)18-17-21-11-8-9-16-24(21)27)26(22-12-4-2-5-13-22)23-14-6-3-7-15-23/h2-9,11-16,25-26H,10,17-20H2,1H3/t25-,27+/m0/s1. The van der Waals surface area contributed by atoms with Crippen LogP contribution in [0.15, 0.2) is 84.9 Å². The van der Waals surface area contributed by atoms with Gasteiger partial charge in [0.1, 0.15) is 0 Å². The van der Waals surface area contributed by atoms with Crippen LogP contribution in [0.2, 0.25) is 0 Å². The van der Waals surface area contributed by atoms with E-state index < -0.39 is 0 Å². The first-order chi connectivity index (χ1) is 13.8. The molecule has 0 N–H and O–H groups in total. The Kier molecular flexibility index (Phi) is 4.56. The molecule has 1 heteroatoms. The second-order valence-corrected chi connectivity index (χ2v) is 8.69. The molecule has 2 aliphatic rings. The predicted molar refractivity (Wildman–Crippen MR) is 117 cm³/mol. The number of nitrogens with zero attached hydrogens (tertiary/aromatic N) is 1. The monoisotopic (exact) mass is 367 g/mol. The molecule has 3 aromatic carbocycles. The zero-order valence-electron chi connectivity index (χ0n) is 16.7. The molecule has 1 nitrogen and oxygen atoms in total. The summed E-state index contributed by atoms with van der Waals surface area (Å²) in [5, 5.41) is 0. The molecular weight excluding hydrogens is 338 g/mol. The summed E-state index contributed by atoms with van der Waals surface area (Å²) in [4.78, 5) is 2.82. The van der Waals surface area contributed by atoms with E-state index in [0.717, 1.165) is 0 Å². The zero-order chi connectivity index (χ0) is 19.0. The summed E-state index contributed by atoms with van der Waals surface area (Å²) in [6.07, 6.45) is 5.01. The largest absolute Gasteiger partial charge is 0.288 e. The number of aryl methyl sites for hydroxylation is 1. The molecule has 5 rings (SSSR count). The van der Waals surface area contributed by atoms with Crippen molar-refractivity contribution in [2.24, 2.45) is 0 Å². The second kappa shape index (κ2) is 7.22. The lowest BCUT2D eigenvalue weighted by molar-refractivity contribution is 0.0374. The topological polar surface area (TPSA) is 3.24 Å². The Morgan fingerprint density at radius 1 is 0.821 bits per heavy atom. The highest BCUT2D eigenvalue weighted by Gasteiger charge is 2.47. The van der Waals surface area contributed by atoms with Crippen molar-refractivity contribution in [1.82, 2.24) is 4.90 Å². The molecule has 1 aliphatic heterocycles. The first-order valence-corrected chi connectivity index (χ1v) is 10.7. The van der Waals surface area contributed by atoms with Crippen molar-refractivity contribution in [3.05, 3.63) is 107 Å². The van der Waals surface area contributed by atoms with E-state index in [9.17, 15) is 0 Å². The molecule has 0 amide bonds.